The number of benzene rings is 3. The van der Waals surface area contributed by atoms with Gasteiger partial charge in [-0.1, -0.05) is 54.6 Å². The van der Waals surface area contributed by atoms with E-state index in [4.69, 9.17) is 0 Å². The molecule has 0 atom stereocenters. The molecule has 0 unspecified atom stereocenters. The highest BCUT2D eigenvalue weighted by Gasteiger charge is 2.12. The molecule has 2 N–H and O–H groups in total. The largest absolute Gasteiger partial charge is 0.343 e. The molecule has 0 aromatic heterocycles. The maximum Gasteiger partial charge on any atom is 0.254 e. The molecule has 3 aromatic carbocycles. The second-order valence-corrected chi connectivity index (χ2v) is 5.65. The van der Waals surface area contributed by atoms with E-state index in [1.165, 1.54) is 18.2 Å². The number of hydrogen-bond donors (Lipinski definition) is 2. The van der Waals surface area contributed by atoms with Crippen LogP contribution in [0.5, 0.6) is 0 Å². The van der Waals surface area contributed by atoms with E-state index >= 15 is 0 Å². The van der Waals surface area contributed by atoms with Gasteiger partial charge in [0.05, 0.1) is 12.1 Å². The Bertz CT molecular complexity index is 909. The molecule has 0 aliphatic carbocycles. The van der Waals surface area contributed by atoms with Crippen molar-refractivity contribution in [1.29, 1.82) is 0 Å². The number of amides is 2. The van der Waals surface area contributed by atoms with Crippen molar-refractivity contribution >= 4 is 17.5 Å². The van der Waals surface area contributed by atoms with Gasteiger partial charge in [-0.3, -0.25) is 9.59 Å². The Morgan fingerprint density at radius 1 is 0.769 bits per heavy atom. The Kier molecular flexibility index (Phi) is 5.39. The molecular formula is C21H17FN2O2. The highest BCUT2D eigenvalue weighted by molar-refractivity contribution is 5.99. The maximum atomic E-state index is 13.5. The Hall–Kier alpha value is -3.47. The number of hydrogen-bond acceptors (Lipinski definition) is 2. The third kappa shape index (κ3) is 4.33. The zero-order valence-electron chi connectivity index (χ0n) is 13.9. The lowest BCUT2D eigenvalue weighted by Gasteiger charge is -2.08. The number of carbonyl (C=O) groups excluding carboxylic acids is 2. The minimum atomic E-state index is -0.627. The number of halogens is 1. The summed E-state index contributed by atoms with van der Waals surface area (Å²) in [6.07, 6.45) is 0. The summed E-state index contributed by atoms with van der Waals surface area (Å²) in [4.78, 5) is 23.9. The smallest absolute Gasteiger partial charge is 0.254 e. The van der Waals surface area contributed by atoms with Gasteiger partial charge in [-0.05, 0) is 35.4 Å². The first-order chi connectivity index (χ1) is 12.6. The number of carbonyl (C=O) groups is 2. The zero-order valence-corrected chi connectivity index (χ0v) is 13.9. The predicted octanol–water partition coefficient (Wildman–Crippen LogP) is 3.86. The van der Waals surface area contributed by atoms with Crippen LogP contribution in [-0.2, 0) is 4.79 Å². The summed E-state index contributed by atoms with van der Waals surface area (Å²) in [5.41, 5.74) is 2.65. The molecule has 5 heteroatoms. The van der Waals surface area contributed by atoms with Crippen LogP contribution >= 0.6 is 0 Å². The Balaban J connectivity index is 1.55. The van der Waals surface area contributed by atoms with Crippen molar-refractivity contribution in [1.82, 2.24) is 5.32 Å². The first-order valence-corrected chi connectivity index (χ1v) is 8.11. The third-order valence-electron chi connectivity index (χ3n) is 3.80. The topological polar surface area (TPSA) is 58.2 Å². The molecule has 2 amide bonds. The van der Waals surface area contributed by atoms with Crippen molar-refractivity contribution < 1.29 is 14.0 Å². The summed E-state index contributed by atoms with van der Waals surface area (Å²) in [6.45, 7) is -0.242. The van der Waals surface area contributed by atoms with E-state index in [0.717, 1.165) is 11.1 Å². The van der Waals surface area contributed by atoms with Gasteiger partial charge < -0.3 is 10.6 Å². The lowest BCUT2D eigenvalue weighted by molar-refractivity contribution is -0.115. The molecule has 0 aliphatic heterocycles. The molecule has 0 fully saturated rings. The lowest BCUT2D eigenvalue weighted by Crippen LogP contribution is -2.33. The van der Waals surface area contributed by atoms with Gasteiger partial charge in [0.2, 0.25) is 5.91 Å². The van der Waals surface area contributed by atoms with Gasteiger partial charge in [0, 0.05) is 5.69 Å². The van der Waals surface area contributed by atoms with E-state index in [1.54, 1.807) is 18.2 Å². The number of nitrogens with one attached hydrogen (secondary N) is 2. The molecule has 0 heterocycles. The molecule has 130 valence electrons. The summed E-state index contributed by atoms with van der Waals surface area (Å²) in [5.74, 6) is -1.64. The number of anilines is 1. The van der Waals surface area contributed by atoms with Crippen molar-refractivity contribution in [3.63, 3.8) is 0 Å². The minimum Gasteiger partial charge on any atom is -0.343 e. The van der Waals surface area contributed by atoms with Crippen LogP contribution in [0.3, 0.4) is 0 Å². The van der Waals surface area contributed by atoms with Crippen LogP contribution in [0.4, 0.5) is 10.1 Å². The molecule has 0 radical (unpaired) electrons. The summed E-state index contributed by atoms with van der Waals surface area (Å²) in [7, 11) is 0. The normalized spacial score (nSPS) is 10.2. The molecule has 4 nitrogen and oxygen atoms in total. The molecule has 26 heavy (non-hydrogen) atoms. The predicted molar refractivity (Wildman–Crippen MR) is 99.2 cm³/mol. The van der Waals surface area contributed by atoms with Crippen LogP contribution in [0.25, 0.3) is 11.1 Å². The fraction of sp³-hybridized carbons (Fsp3) is 0.0476. The molecule has 0 saturated carbocycles. The summed E-state index contributed by atoms with van der Waals surface area (Å²) < 4.78 is 13.5. The zero-order chi connectivity index (χ0) is 18.4. The average Bonchev–Trinajstić information content (AvgIpc) is 2.68. The lowest BCUT2D eigenvalue weighted by atomic mass is 10.1. The first-order valence-electron chi connectivity index (χ1n) is 8.11. The van der Waals surface area contributed by atoms with E-state index in [1.807, 2.05) is 42.5 Å². The summed E-state index contributed by atoms with van der Waals surface area (Å²) in [6, 6.07) is 22.9. The second-order valence-electron chi connectivity index (χ2n) is 5.65. The van der Waals surface area contributed by atoms with Gasteiger partial charge in [0.15, 0.2) is 0 Å². The van der Waals surface area contributed by atoms with E-state index in [9.17, 15) is 14.0 Å². The van der Waals surface area contributed by atoms with Crippen molar-refractivity contribution in [3.05, 3.63) is 90.2 Å². The fourth-order valence-corrected chi connectivity index (χ4v) is 2.48. The highest BCUT2D eigenvalue weighted by Crippen LogP contribution is 2.20. The fourth-order valence-electron chi connectivity index (χ4n) is 2.48. The summed E-state index contributed by atoms with van der Waals surface area (Å²) >= 11 is 0. The number of rotatable bonds is 5. The maximum absolute atomic E-state index is 13.5. The van der Waals surface area contributed by atoms with Crippen molar-refractivity contribution in [3.8, 4) is 11.1 Å². The van der Waals surface area contributed by atoms with E-state index in [0.29, 0.717) is 5.69 Å². The Morgan fingerprint density at radius 3 is 2.08 bits per heavy atom. The van der Waals surface area contributed by atoms with Crippen LogP contribution in [0.15, 0.2) is 78.9 Å². The Morgan fingerprint density at radius 2 is 1.38 bits per heavy atom. The van der Waals surface area contributed by atoms with Crippen molar-refractivity contribution in [2.75, 3.05) is 11.9 Å². The van der Waals surface area contributed by atoms with Crippen LogP contribution in [0, 0.1) is 5.82 Å². The molecule has 0 aliphatic rings. The molecule has 0 saturated heterocycles. The third-order valence-corrected chi connectivity index (χ3v) is 3.80. The van der Waals surface area contributed by atoms with Crippen LogP contribution in [0.1, 0.15) is 10.4 Å². The summed E-state index contributed by atoms with van der Waals surface area (Å²) in [5, 5.41) is 5.10. The monoisotopic (exact) mass is 348 g/mol. The first kappa shape index (κ1) is 17.4. The Labute approximate surface area is 150 Å². The molecule has 3 rings (SSSR count). The van der Waals surface area contributed by atoms with E-state index in [2.05, 4.69) is 10.6 Å². The second kappa shape index (κ2) is 8.07. The molecular weight excluding hydrogens is 331 g/mol. The van der Waals surface area contributed by atoms with Crippen LogP contribution < -0.4 is 10.6 Å². The SMILES string of the molecule is O=C(CNC(=O)c1ccccc1F)Nc1ccc(-c2ccccc2)cc1. The van der Waals surface area contributed by atoms with Gasteiger partial charge >= 0.3 is 0 Å². The minimum absolute atomic E-state index is 0.0903. The van der Waals surface area contributed by atoms with Crippen LogP contribution in [0.2, 0.25) is 0 Å². The molecule has 0 spiro atoms. The van der Waals surface area contributed by atoms with Gasteiger partial charge in [0.1, 0.15) is 5.82 Å². The average molecular weight is 348 g/mol. The van der Waals surface area contributed by atoms with Gasteiger partial charge in [-0.2, -0.15) is 0 Å². The standard InChI is InChI=1S/C21H17FN2O2/c22-19-9-5-4-8-18(19)21(26)23-14-20(25)24-17-12-10-16(11-13-17)15-6-2-1-3-7-15/h1-13H,14H2,(H,23,26)(H,24,25). The van der Waals surface area contributed by atoms with Crippen molar-refractivity contribution in [2.45, 2.75) is 0 Å². The van der Waals surface area contributed by atoms with Gasteiger partial charge in [-0.25, -0.2) is 4.39 Å². The van der Waals surface area contributed by atoms with Crippen molar-refractivity contribution in [2.24, 2.45) is 0 Å². The van der Waals surface area contributed by atoms with Gasteiger partial charge in [-0.15, -0.1) is 0 Å². The quantitative estimate of drug-likeness (QED) is 0.735. The van der Waals surface area contributed by atoms with E-state index in [-0.39, 0.29) is 18.0 Å². The highest BCUT2D eigenvalue weighted by atomic mass is 19.1. The van der Waals surface area contributed by atoms with E-state index < -0.39 is 11.7 Å². The molecule has 0 bridgehead atoms. The van der Waals surface area contributed by atoms with Gasteiger partial charge in [0.25, 0.3) is 5.91 Å². The van der Waals surface area contributed by atoms with Crippen LogP contribution in [-0.4, -0.2) is 18.4 Å². The molecule has 3 aromatic rings.